The third-order valence-corrected chi connectivity index (χ3v) is 4.18. The number of pyridine rings is 1. The highest BCUT2D eigenvalue weighted by Gasteiger charge is 2.20. The van der Waals surface area contributed by atoms with Crippen LogP contribution in [-0.4, -0.2) is 20.7 Å². The van der Waals surface area contributed by atoms with Gasteiger partial charge < -0.3 is 5.73 Å². The first-order chi connectivity index (χ1) is 12.5. The molecule has 7 heteroatoms. The van der Waals surface area contributed by atoms with Crippen molar-refractivity contribution in [2.24, 2.45) is 12.8 Å². The molecule has 0 spiro atoms. The summed E-state index contributed by atoms with van der Waals surface area (Å²) in [6.45, 7) is 0. The summed E-state index contributed by atoms with van der Waals surface area (Å²) in [5.74, 6) is -0.407. The van der Waals surface area contributed by atoms with E-state index in [0.717, 1.165) is 22.4 Å². The van der Waals surface area contributed by atoms with Gasteiger partial charge in [-0.25, -0.2) is 8.78 Å². The van der Waals surface area contributed by atoms with Crippen LogP contribution < -0.4 is 5.73 Å². The Kier molecular flexibility index (Phi) is 5.06. The van der Waals surface area contributed by atoms with Crippen molar-refractivity contribution in [1.29, 1.82) is 0 Å². The highest BCUT2D eigenvalue weighted by atomic mass is 19.3. The first-order valence-corrected chi connectivity index (χ1v) is 8.10. The van der Waals surface area contributed by atoms with E-state index in [2.05, 4.69) is 10.1 Å². The van der Waals surface area contributed by atoms with E-state index in [1.54, 1.807) is 36.3 Å². The second-order valence-electron chi connectivity index (χ2n) is 5.92. The number of carbonyl (C=O) groups is 1. The Labute approximate surface area is 149 Å². The Morgan fingerprint density at radius 3 is 2.35 bits per heavy atom. The van der Waals surface area contributed by atoms with Crippen molar-refractivity contribution >= 4 is 5.91 Å². The number of hydrogen-bond acceptors (Lipinski definition) is 3. The average molecular weight is 356 g/mol. The van der Waals surface area contributed by atoms with Crippen LogP contribution in [0.3, 0.4) is 0 Å². The van der Waals surface area contributed by atoms with E-state index in [0.29, 0.717) is 12.1 Å². The van der Waals surface area contributed by atoms with Crippen LogP contribution in [0, 0.1) is 0 Å². The lowest BCUT2D eigenvalue weighted by Crippen LogP contribution is -2.12. The van der Waals surface area contributed by atoms with Crippen LogP contribution >= 0.6 is 0 Å². The molecule has 0 bridgehead atoms. The molecule has 0 aliphatic rings. The lowest BCUT2D eigenvalue weighted by Gasteiger charge is -2.08. The topological polar surface area (TPSA) is 73.8 Å². The minimum atomic E-state index is -2.52. The number of primary amides is 1. The van der Waals surface area contributed by atoms with Crippen LogP contribution in [-0.2, 0) is 18.3 Å². The lowest BCUT2D eigenvalue weighted by molar-refractivity contribution is -0.118. The maximum absolute atomic E-state index is 12.9. The Morgan fingerprint density at radius 2 is 1.77 bits per heavy atom. The monoisotopic (exact) mass is 356 g/mol. The lowest BCUT2D eigenvalue weighted by atomic mass is 9.96. The molecule has 26 heavy (non-hydrogen) atoms. The molecule has 2 N–H and O–H groups in total. The molecule has 2 heterocycles. The van der Waals surface area contributed by atoms with Gasteiger partial charge in [0.2, 0.25) is 5.91 Å². The highest BCUT2D eigenvalue weighted by molar-refractivity contribution is 5.83. The number of nitrogens with two attached hydrogens (primary N) is 1. The number of amides is 1. The van der Waals surface area contributed by atoms with E-state index < -0.39 is 12.3 Å². The fourth-order valence-corrected chi connectivity index (χ4v) is 2.90. The number of benzene rings is 1. The summed E-state index contributed by atoms with van der Waals surface area (Å²) in [6.07, 6.45) is 1.40. The highest BCUT2D eigenvalue weighted by Crippen LogP contribution is 2.35. The minimum Gasteiger partial charge on any atom is -0.370 e. The molecule has 0 aliphatic carbocycles. The van der Waals surface area contributed by atoms with Crippen LogP contribution in [0.15, 0.2) is 48.8 Å². The molecule has 0 unspecified atom stereocenters. The van der Waals surface area contributed by atoms with Crippen LogP contribution in [0.25, 0.3) is 22.4 Å². The van der Waals surface area contributed by atoms with Crippen molar-refractivity contribution in [3.05, 3.63) is 60.0 Å². The standard InChI is InChI=1S/C19H18F2N4O/c1-25-15(6-7-16(22)26)17(12-2-4-14(5-3-12)19(20)21)18(24-25)13-8-10-23-11-9-13/h2-5,8-11,19H,6-7H2,1H3,(H2,22,26). The predicted molar refractivity (Wildman–Crippen MR) is 94.3 cm³/mol. The predicted octanol–water partition coefficient (Wildman–Crippen LogP) is 3.50. The Balaban J connectivity index is 2.14. The van der Waals surface area contributed by atoms with E-state index in [9.17, 15) is 13.6 Å². The van der Waals surface area contributed by atoms with E-state index in [4.69, 9.17) is 5.73 Å². The third kappa shape index (κ3) is 3.61. The molecule has 1 aromatic carbocycles. The number of alkyl halides is 2. The van der Waals surface area contributed by atoms with Crippen molar-refractivity contribution in [3.63, 3.8) is 0 Å². The van der Waals surface area contributed by atoms with Gasteiger partial charge in [0.1, 0.15) is 5.69 Å². The molecule has 0 saturated carbocycles. The largest absolute Gasteiger partial charge is 0.370 e. The molecule has 134 valence electrons. The second-order valence-corrected chi connectivity index (χ2v) is 5.92. The van der Waals surface area contributed by atoms with E-state index in [-0.39, 0.29) is 12.0 Å². The molecule has 0 saturated heterocycles. The van der Waals surface area contributed by atoms with Gasteiger partial charge in [0.15, 0.2) is 0 Å². The number of nitrogens with zero attached hydrogens (tertiary/aromatic N) is 3. The SMILES string of the molecule is Cn1nc(-c2ccncc2)c(-c2ccc(C(F)F)cc2)c1CCC(N)=O. The van der Waals surface area contributed by atoms with Gasteiger partial charge in [-0.1, -0.05) is 24.3 Å². The molecular formula is C19H18F2N4O. The molecule has 3 aromatic rings. The van der Waals surface area contributed by atoms with Gasteiger partial charge in [-0.2, -0.15) is 5.10 Å². The molecule has 0 fully saturated rings. The van der Waals surface area contributed by atoms with Gasteiger partial charge in [0, 0.05) is 48.2 Å². The number of aryl methyl sites for hydroxylation is 1. The number of hydrogen-bond donors (Lipinski definition) is 1. The van der Waals surface area contributed by atoms with Crippen molar-refractivity contribution in [3.8, 4) is 22.4 Å². The zero-order chi connectivity index (χ0) is 18.7. The number of carbonyl (C=O) groups excluding carboxylic acids is 1. The Morgan fingerprint density at radius 1 is 1.12 bits per heavy atom. The zero-order valence-corrected chi connectivity index (χ0v) is 14.2. The zero-order valence-electron chi connectivity index (χ0n) is 14.2. The average Bonchev–Trinajstić information content (AvgIpc) is 2.97. The summed E-state index contributed by atoms with van der Waals surface area (Å²) in [4.78, 5) is 15.2. The third-order valence-electron chi connectivity index (χ3n) is 4.18. The molecule has 5 nitrogen and oxygen atoms in total. The van der Waals surface area contributed by atoms with E-state index in [1.807, 2.05) is 12.1 Å². The van der Waals surface area contributed by atoms with Gasteiger partial charge >= 0.3 is 0 Å². The van der Waals surface area contributed by atoms with Gasteiger partial charge in [-0.3, -0.25) is 14.5 Å². The summed E-state index contributed by atoms with van der Waals surface area (Å²) in [5.41, 5.74) is 9.20. The van der Waals surface area contributed by atoms with Crippen molar-refractivity contribution in [2.75, 3.05) is 0 Å². The number of aromatic nitrogens is 3. The Hall–Kier alpha value is -3.09. The van der Waals surface area contributed by atoms with Crippen molar-refractivity contribution < 1.29 is 13.6 Å². The van der Waals surface area contributed by atoms with Gasteiger partial charge in [0.25, 0.3) is 6.43 Å². The maximum atomic E-state index is 12.9. The first-order valence-electron chi connectivity index (χ1n) is 8.10. The molecule has 1 amide bonds. The summed E-state index contributed by atoms with van der Waals surface area (Å²) >= 11 is 0. The van der Waals surface area contributed by atoms with Crippen LogP contribution in [0.1, 0.15) is 24.1 Å². The molecule has 3 rings (SSSR count). The van der Waals surface area contributed by atoms with E-state index in [1.165, 1.54) is 12.1 Å². The summed E-state index contributed by atoms with van der Waals surface area (Å²) in [5, 5.41) is 4.58. The molecule has 0 aliphatic heterocycles. The Bertz CT molecular complexity index is 905. The molecule has 0 radical (unpaired) electrons. The fourth-order valence-electron chi connectivity index (χ4n) is 2.90. The summed E-state index contributed by atoms with van der Waals surface area (Å²) in [6, 6.07) is 9.77. The van der Waals surface area contributed by atoms with Crippen LogP contribution in [0.4, 0.5) is 8.78 Å². The maximum Gasteiger partial charge on any atom is 0.263 e. The normalized spacial score (nSPS) is 11.1. The van der Waals surface area contributed by atoms with Crippen molar-refractivity contribution in [2.45, 2.75) is 19.3 Å². The van der Waals surface area contributed by atoms with E-state index >= 15 is 0 Å². The fraction of sp³-hybridized carbons (Fsp3) is 0.211. The molecule has 2 aromatic heterocycles. The summed E-state index contributed by atoms with van der Waals surface area (Å²) in [7, 11) is 1.79. The van der Waals surface area contributed by atoms with Gasteiger partial charge in [0.05, 0.1) is 0 Å². The molecule has 0 atom stereocenters. The second kappa shape index (κ2) is 7.43. The van der Waals surface area contributed by atoms with Gasteiger partial charge in [-0.05, 0) is 24.1 Å². The van der Waals surface area contributed by atoms with Gasteiger partial charge in [-0.15, -0.1) is 0 Å². The quantitative estimate of drug-likeness (QED) is 0.734. The smallest absolute Gasteiger partial charge is 0.263 e. The number of halogens is 2. The minimum absolute atomic E-state index is 0.0400. The van der Waals surface area contributed by atoms with Crippen LogP contribution in [0.2, 0.25) is 0 Å². The van der Waals surface area contributed by atoms with Crippen LogP contribution in [0.5, 0.6) is 0 Å². The van der Waals surface area contributed by atoms with Crippen molar-refractivity contribution in [1.82, 2.24) is 14.8 Å². The number of rotatable bonds is 6. The first kappa shape index (κ1) is 17.7. The summed E-state index contributed by atoms with van der Waals surface area (Å²) < 4.78 is 27.4. The molecular weight excluding hydrogens is 338 g/mol.